The summed E-state index contributed by atoms with van der Waals surface area (Å²) in [6.07, 6.45) is 0. The predicted molar refractivity (Wildman–Crippen MR) is 68.3 cm³/mol. The number of aromatic amines is 2. The molecule has 3 N–H and O–H groups in total. The average Bonchev–Trinajstić information content (AvgIpc) is 2.96. The first-order chi connectivity index (χ1) is 8.65. The first-order valence-electron chi connectivity index (χ1n) is 5.08. The minimum absolute atomic E-state index is 0.0661. The van der Waals surface area contributed by atoms with Crippen molar-refractivity contribution in [2.45, 2.75) is 0 Å². The quantitative estimate of drug-likeness (QED) is 0.677. The Hall–Kier alpha value is -2.15. The Morgan fingerprint density at radius 3 is 2.78 bits per heavy atom. The number of nitrogens with zero attached hydrogens (tertiary/aromatic N) is 2. The van der Waals surface area contributed by atoms with Crippen LogP contribution in [0.25, 0.3) is 22.2 Å². The number of carboxylic acids is 1. The summed E-state index contributed by atoms with van der Waals surface area (Å²) >= 11 is 3.36. The van der Waals surface area contributed by atoms with E-state index in [-0.39, 0.29) is 5.69 Å². The molecule has 0 unspecified atom stereocenters. The summed E-state index contributed by atoms with van der Waals surface area (Å²) < 4.78 is 0.786. The Kier molecular flexibility index (Phi) is 2.41. The molecule has 2 aromatic heterocycles. The maximum Gasteiger partial charge on any atom is 0.353 e. The molecular formula is C11H7BrN4O2. The third-order valence-electron chi connectivity index (χ3n) is 2.61. The zero-order chi connectivity index (χ0) is 12.7. The van der Waals surface area contributed by atoms with E-state index >= 15 is 0 Å². The number of halogens is 1. The molecule has 1 aromatic carbocycles. The second-order valence-corrected chi connectivity index (χ2v) is 4.53. The molecular weight excluding hydrogens is 300 g/mol. The zero-order valence-electron chi connectivity index (χ0n) is 8.94. The minimum Gasteiger partial charge on any atom is -0.477 e. The fourth-order valence-corrected chi connectivity index (χ4v) is 2.12. The lowest BCUT2D eigenvalue weighted by atomic mass is 10.1. The van der Waals surface area contributed by atoms with Crippen LogP contribution in [0.15, 0.2) is 28.9 Å². The van der Waals surface area contributed by atoms with Gasteiger partial charge in [-0.2, -0.15) is 10.2 Å². The molecule has 0 saturated heterocycles. The zero-order valence-corrected chi connectivity index (χ0v) is 10.5. The van der Waals surface area contributed by atoms with Crippen molar-refractivity contribution < 1.29 is 9.90 Å². The van der Waals surface area contributed by atoms with E-state index in [4.69, 9.17) is 5.11 Å². The number of fused-ring (bicyclic) bond motifs is 1. The molecule has 18 heavy (non-hydrogen) atoms. The van der Waals surface area contributed by atoms with E-state index < -0.39 is 5.97 Å². The van der Waals surface area contributed by atoms with Crippen molar-refractivity contribution in [3.05, 3.63) is 34.6 Å². The Morgan fingerprint density at radius 2 is 2.06 bits per heavy atom. The van der Waals surface area contributed by atoms with Gasteiger partial charge in [0.05, 0.1) is 11.2 Å². The molecule has 3 aromatic rings. The highest BCUT2D eigenvalue weighted by Crippen LogP contribution is 2.26. The fourth-order valence-electron chi connectivity index (χ4n) is 1.72. The SMILES string of the molecule is O=C(O)c1cc(-c2ccc3n[nH]c(Br)c3c2)n[nH]1. The molecule has 2 heterocycles. The van der Waals surface area contributed by atoms with Crippen molar-refractivity contribution in [3.63, 3.8) is 0 Å². The van der Waals surface area contributed by atoms with Crippen LogP contribution in [0.4, 0.5) is 0 Å². The van der Waals surface area contributed by atoms with Gasteiger partial charge in [-0.15, -0.1) is 0 Å². The molecule has 0 spiro atoms. The fraction of sp³-hybridized carbons (Fsp3) is 0. The van der Waals surface area contributed by atoms with Crippen LogP contribution in [-0.4, -0.2) is 31.5 Å². The van der Waals surface area contributed by atoms with Gasteiger partial charge in [0.1, 0.15) is 10.3 Å². The summed E-state index contributed by atoms with van der Waals surface area (Å²) in [6.45, 7) is 0. The van der Waals surface area contributed by atoms with Gasteiger partial charge in [-0.1, -0.05) is 6.07 Å². The number of aromatic carboxylic acids is 1. The number of rotatable bonds is 2. The minimum atomic E-state index is -1.03. The number of nitrogens with one attached hydrogen (secondary N) is 2. The number of carbonyl (C=O) groups is 1. The molecule has 6 nitrogen and oxygen atoms in total. The summed E-state index contributed by atoms with van der Waals surface area (Å²) in [5.74, 6) is -1.03. The smallest absolute Gasteiger partial charge is 0.353 e. The van der Waals surface area contributed by atoms with Gasteiger partial charge in [0.2, 0.25) is 0 Å². The van der Waals surface area contributed by atoms with Crippen LogP contribution in [0, 0.1) is 0 Å². The number of H-pyrrole nitrogens is 2. The molecule has 0 bridgehead atoms. The number of benzene rings is 1. The second kappa shape index (κ2) is 3.95. The molecule has 0 aliphatic rings. The Balaban J connectivity index is 2.12. The second-order valence-electron chi connectivity index (χ2n) is 3.74. The molecule has 3 rings (SSSR count). The summed E-state index contributed by atoms with van der Waals surface area (Å²) in [5, 5.41) is 23.1. The van der Waals surface area contributed by atoms with Crippen molar-refractivity contribution in [1.29, 1.82) is 0 Å². The van der Waals surface area contributed by atoms with E-state index in [0.29, 0.717) is 5.69 Å². The lowest BCUT2D eigenvalue weighted by Gasteiger charge is -1.96. The van der Waals surface area contributed by atoms with Crippen LogP contribution in [0.3, 0.4) is 0 Å². The summed E-state index contributed by atoms with van der Waals surface area (Å²) in [4.78, 5) is 10.8. The first-order valence-corrected chi connectivity index (χ1v) is 5.87. The third-order valence-corrected chi connectivity index (χ3v) is 3.22. The van der Waals surface area contributed by atoms with Crippen LogP contribution in [0.1, 0.15) is 10.5 Å². The van der Waals surface area contributed by atoms with E-state index in [0.717, 1.165) is 21.1 Å². The largest absolute Gasteiger partial charge is 0.477 e. The van der Waals surface area contributed by atoms with Crippen LogP contribution >= 0.6 is 15.9 Å². The Labute approximate surface area is 109 Å². The Morgan fingerprint density at radius 1 is 1.22 bits per heavy atom. The predicted octanol–water partition coefficient (Wildman–Crippen LogP) is 2.41. The highest BCUT2D eigenvalue weighted by atomic mass is 79.9. The molecule has 0 amide bonds. The first kappa shape index (κ1) is 11.0. The van der Waals surface area contributed by atoms with Gasteiger partial charge in [0.15, 0.2) is 0 Å². The lowest BCUT2D eigenvalue weighted by molar-refractivity contribution is 0.0690. The van der Waals surface area contributed by atoms with Crippen molar-refractivity contribution in [1.82, 2.24) is 20.4 Å². The number of aromatic nitrogens is 4. The van der Waals surface area contributed by atoms with Crippen molar-refractivity contribution in [2.75, 3.05) is 0 Å². The molecule has 90 valence electrons. The number of carboxylic acid groups (broad SMARTS) is 1. The van der Waals surface area contributed by atoms with Crippen LogP contribution in [0.5, 0.6) is 0 Å². The van der Waals surface area contributed by atoms with Crippen molar-refractivity contribution in [2.24, 2.45) is 0 Å². The van der Waals surface area contributed by atoms with E-state index in [9.17, 15) is 4.79 Å². The highest BCUT2D eigenvalue weighted by molar-refractivity contribution is 9.10. The standard InChI is InChI=1S/C11H7BrN4O2/c12-10-6-3-5(1-2-7(6)13-16-10)8-4-9(11(17)18)15-14-8/h1-4H,(H,13,16)(H,14,15)(H,17,18). The normalized spacial score (nSPS) is 10.9. The summed E-state index contributed by atoms with van der Waals surface area (Å²) in [6, 6.07) is 7.08. The molecule has 0 atom stereocenters. The Bertz CT molecular complexity index is 746. The molecule has 0 fully saturated rings. The van der Waals surface area contributed by atoms with E-state index in [1.165, 1.54) is 6.07 Å². The lowest BCUT2D eigenvalue weighted by Crippen LogP contribution is -1.95. The summed E-state index contributed by atoms with van der Waals surface area (Å²) in [7, 11) is 0. The number of hydrogen-bond donors (Lipinski definition) is 3. The van der Waals surface area contributed by atoms with Crippen LogP contribution in [0.2, 0.25) is 0 Å². The van der Waals surface area contributed by atoms with E-state index in [2.05, 4.69) is 36.3 Å². The van der Waals surface area contributed by atoms with Gasteiger partial charge in [0.25, 0.3) is 0 Å². The monoisotopic (exact) mass is 306 g/mol. The van der Waals surface area contributed by atoms with Gasteiger partial charge < -0.3 is 5.11 Å². The van der Waals surface area contributed by atoms with Crippen molar-refractivity contribution >= 4 is 32.8 Å². The van der Waals surface area contributed by atoms with Gasteiger partial charge in [-0.3, -0.25) is 10.2 Å². The van der Waals surface area contributed by atoms with E-state index in [1.807, 2.05) is 18.2 Å². The van der Waals surface area contributed by atoms with E-state index in [1.54, 1.807) is 0 Å². The van der Waals surface area contributed by atoms with Gasteiger partial charge in [0, 0.05) is 10.9 Å². The maximum atomic E-state index is 10.8. The van der Waals surface area contributed by atoms with Crippen LogP contribution in [-0.2, 0) is 0 Å². The topological polar surface area (TPSA) is 94.7 Å². The number of hydrogen-bond acceptors (Lipinski definition) is 3. The third kappa shape index (κ3) is 1.68. The molecule has 7 heteroatoms. The van der Waals surface area contributed by atoms with Crippen molar-refractivity contribution in [3.8, 4) is 11.3 Å². The van der Waals surface area contributed by atoms with Crippen LogP contribution < -0.4 is 0 Å². The van der Waals surface area contributed by atoms with Gasteiger partial charge in [-0.05, 0) is 34.1 Å². The molecule has 0 saturated carbocycles. The summed E-state index contributed by atoms with van der Waals surface area (Å²) in [5.41, 5.74) is 2.31. The maximum absolute atomic E-state index is 10.8. The highest BCUT2D eigenvalue weighted by Gasteiger charge is 2.11. The van der Waals surface area contributed by atoms with Gasteiger partial charge in [-0.25, -0.2) is 4.79 Å². The van der Waals surface area contributed by atoms with Gasteiger partial charge >= 0.3 is 5.97 Å². The average molecular weight is 307 g/mol. The molecule has 0 aliphatic carbocycles. The molecule has 0 aliphatic heterocycles. The molecule has 0 radical (unpaired) electrons.